The van der Waals surface area contributed by atoms with Gasteiger partial charge in [-0.3, -0.25) is 4.21 Å². The van der Waals surface area contributed by atoms with Gasteiger partial charge in [0.1, 0.15) is 0 Å². The maximum absolute atomic E-state index is 11.7. The molecule has 0 radical (unpaired) electrons. The summed E-state index contributed by atoms with van der Waals surface area (Å²) in [7, 11) is -0.716. The van der Waals surface area contributed by atoms with Crippen LogP contribution in [0.5, 0.6) is 0 Å². The van der Waals surface area contributed by atoms with E-state index >= 15 is 0 Å². The van der Waals surface area contributed by atoms with E-state index in [1.54, 1.807) is 0 Å². The van der Waals surface area contributed by atoms with Gasteiger partial charge >= 0.3 is 0 Å². The molecule has 72 valence electrons. The van der Waals surface area contributed by atoms with E-state index in [1.165, 1.54) is 5.56 Å². The second-order valence-corrected chi connectivity index (χ2v) is 5.01. The summed E-state index contributed by atoms with van der Waals surface area (Å²) in [6.45, 7) is 4.09. The van der Waals surface area contributed by atoms with Crippen LogP contribution in [0.1, 0.15) is 31.1 Å². The molecule has 0 bridgehead atoms. The van der Waals surface area contributed by atoms with Crippen molar-refractivity contribution in [1.29, 1.82) is 0 Å². The normalized spacial score (nSPS) is 15.2. The van der Waals surface area contributed by atoms with Gasteiger partial charge in [-0.25, -0.2) is 0 Å². The second kappa shape index (κ2) is 5.18. The molecule has 0 saturated heterocycles. The van der Waals surface area contributed by atoms with Crippen LogP contribution < -0.4 is 0 Å². The smallest absolute Gasteiger partial charge is 0.0568 e. The molecule has 1 aromatic rings. The Morgan fingerprint density at radius 1 is 1.31 bits per heavy atom. The molecule has 1 nitrogen and oxygen atoms in total. The average Bonchev–Trinajstić information content (AvgIpc) is 2.18. The molecule has 2 unspecified atom stereocenters. The Labute approximate surface area is 82.6 Å². The van der Waals surface area contributed by atoms with Crippen molar-refractivity contribution in [2.45, 2.75) is 25.5 Å². The maximum atomic E-state index is 11.7. The SMILES string of the molecule is CCCS(=O)C(C)c1ccccc1. The van der Waals surface area contributed by atoms with Crippen molar-refractivity contribution >= 4 is 10.8 Å². The predicted molar refractivity (Wildman–Crippen MR) is 58.2 cm³/mol. The van der Waals surface area contributed by atoms with Crippen molar-refractivity contribution in [2.24, 2.45) is 0 Å². The van der Waals surface area contributed by atoms with E-state index in [2.05, 4.69) is 6.92 Å². The summed E-state index contributed by atoms with van der Waals surface area (Å²) in [5.41, 5.74) is 1.18. The number of hydrogen-bond acceptors (Lipinski definition) is 1. The summed E-state index contributed by atoms with van der Waals surface area (Å²) in [4.78, 5) is 0. The van der Waals surface area contributed by atoms with Crippen LogP contribution in [0.2, 0.25) is 0 Å². The Kier molecular flexibility index (Phi) is 4.16. The molecular formula is C11H16OS. The summed E-state index contributed by atoms with van der Waals surface area (Å²) in [6.07, 6.45) is 0.990. The zero-order valence-electron chi connectivity index (χ0n) is 8.19. The van der Waals surface area contributed by atoms with Crippen LogP contribution in [-0.2, 0) is 10.8 Å². The van der Waals surface area contributed by atoms with Crippen LogP contribution >= 0.6 is 0 Å². The van der Waals surface area contributed by atoms with Gasteiger partial charge in [-0.15, -0.1) is 0 Å². The van der Waals surface area contributed by atoms with Gasteiger partial charge in [-0.05, 0) is 18.9 Å². The number of hydrogen-bond donors (Lipinski definition) is 0. The maximum Gasteiger partial charge on any atom is 0.0568 e. The van der Waals surface area contributed by atoms with Gasteiger partial charge in [0.25, 0.3) is 0 Å². The molecule has 2 atom stereocenters. The highest BCUT2D eigenvalue weighted by atomic mass is 32.2. The zero-order chi connectivity index (χ0) is 9.68. The summed E-state index contributed by atoms with van der Waals surface area (Å²) in [5, 5.41) is 0.168. The zero-order valence-corrected chi connectivity index (χ0v) is 9.01. The molecule has 1 rings (SSSR count). The van der Waals surface area contributed by atoms with Crippen molar-refractivity contribution in [3.05, 3.63) is 35.9 Å². The number of rotatable bonds is 4. The lowest BCUT2D eigenvalue weighted by atomic mass is 10.2. The van der Waals surface area contributed by atoms with Gasteiger partial charge < -0.3 is 0 Å². The molecule has 0 fully saturated rings. The van der Waals surface area contributed by atoms with E-state index in [1.807, 2.05) is 37.3 Å². The Balaban J connectivity index is 2.68. The van der Waals surface area contributed by atoms with E-state index in [0.717, 1.165) is 12.2 Å². The Morgan fingerprint density at radius 3 is 2.46 bits per heavy atom. The molecule has 0 saturated carbocycles. The largest absolute Gasteiger partial charge is 0.259 e. The summed E-state index contributed by atoms with van der Waals surface area (Å²) in [5.74, 6) is 0.802. The first-order chi connectivity index (χ1) is 6.25. The molecule has 0 amide bonds. The molecule has 0 aliphatic rings. The lowest BCUT2D eigenvalue weighted by Crippen LogP contribution is -2.05. The van der Waals surface area contributed by atoms with Crippen molar-refractivity contribution in [3.63, 3.8) is 0 Å². The molecule has 0 aliphatic heterocycles. The topological polar surface area (TPSA) is 17.1 Å². The van der Waals surface area contributed by atoms with Crippen LogP contribution in [0, 0.1) is 0 Å². The van der Waals surface area contributed by atoms with Crippen molar-refractivity contribution < 1.29 is 4.21 Å². The first kappa shape index (κ1) is 10.5. The van der Waals surface area contributed by atoms with Crippen molar-refractivity contribution in [3.8, 4) is 0 Å². The van der Waals surface area contributed by atoms with Crippen molar-refractivity contribution in [2.75, 3.05) is 5.75 Å². The summed E-state index contributed by atoms with van der Waals surface area (Å²) in [6, 6.07) is 10.1. The van der Waals surface area contributed by atoms with Gasteiger partial charge in [0.15, 0.2) is 0 Å². The third-order valence-corrected chi connectivity index (χ3v) is 3.94. The van der Waals surface area contributed by atoms with Gasteiger partial charge in [0.2, 0.25) is 0 Å². The molecule has 13 heavy (non-hydrogen) atoms. The molecule has 0 spiro atoms. The highest BCUT2D eigenvalue weighted by Gasteiger charge is 2.11. The lowest BCUT2D eigenvalue weighted by Gasteiger charge is -2.10. The van der Waals surface area contributed by atoms with Crippen LogP contribution in [0.4, 0.5) is 0 Å². The van der Waals surface area contributed by atoms with E-state index in [0.29, 0.717) is 0 Å². The minimum Gasteiger partial charge on any atom is -0.259 e. The van der Waals surface area contributed by atoms with Crippen LogP contribution in [0.25, 0.3) is 0 Å². The Morgan fingerprint density at radius 2 is 1.92 bits per heavy atom. The molecule has 0 aromatic heterocycles. The Bertz CT molecular complexity index is 269. The van der Waals surface area contributed by atoms with E-state index in [-0.39, 0.29) is 5.25 Å². The van der Waals surface area contributed by atoms with Gasteiger partial charge in [-0.2, -0.15) is 0 Å². The molecule has 1 aromatic carbocycles. The van der Waals surface area contributed by atoms with Gasteiger partial charge in [0, 0.05) is 16.6 Å². The van der Waals surface area contributed by atoms with Crippen molar-refractivity contribution in [1.82, 2.24) is 0 Å². The Hall–Kier alpha value is -0.630. The first-order valence-corrected chi connectivity index (χ1v) is 6.06. The highest BCUT2D eigenvalue weighted by Crippen LogP contribution is 2.18. The lowest BCUT2D eigenvalue weighted by molar-refractivity contribution is 0.674. The van der Waals surface area contributed by atoms with Crippen LogP contribution in [-0.4, -0.2) is 9.96 Å². The number of benzene rings is 1. The average molecular weight is 196 g/mol. The summed E-state index contributed by atoms with van der Waals surface area (Å²) < 4.78 is 11.7. The third kappa shape index (κ3) is 2.96. The van der Waals surface area contributed by atoms with E-state index < -0.39 is 10.8 Å². The fraction of sp³-hybridized carbons (Fsp3) is 0.455. The van der Waals surface area contributed by atoms with Crippen LogP contribution in [0.15, 0.2) is 30.3 Å². The van der Waals surface area contributed by atoms with Crippen LogP contribution in [0.3, 0.4) is 0 Å². The highest BCUT2D eigenvalue weighted by molar-refractivity contribution is 7.85. The predicted octanol–water partition coefficient (Wildman–Crippen LogP) is 2.91. The fourth-order valence-electron chi connectivity index (χ4n) is 1.25. The minimum absolute atomic E-state index is 0.168. The quantitative estimate of drug-likeness (QED) is 0.723. The minimum atomic E-state index is -0.716. The van der Waals surface area contributed by atoms with E-state index in [9.17, 15) is 4.21 Å². The van der Waals surface area contributed by atoms with E-state index in [4.69, 9.17) is 0 Å². The van der Waals surface area contributed by atoms with Gasteiger partial charge in [-0.1, -0.05) is 37.3 Å². The standard InChI is InChI=1S/C11H16OS/c1-3-9-13(12)10(2)11-7-5-4-6-8-11/h4-8,10H,3,9H2,1-2H3. The summed E-state index contributed by atoms with van der Waals surface area (Å²) >= 11 is 0. The third-order valence-electron chi connectivity index (χ3n) is 2.07. The molecule has 0 heterocycles. The molecule has 2 heteroatoms. The molecule has 0 N–H and O–H groups in total. The second-order valence-electron chi connectivity index (χ2n) is 3.14. The first-order valence-electron chi connectivity index (χ1n) is 4.67. The molecule has 0 aliphatic carbocycles. The van der Waals surface area contributed by atoms with Gasteiger partial charge in [0.05, 0.1) is 5.25 Å². The molecular weight excluding hydrogens is 180 g/mol. The fourth-order valence-corrected chi connectivity index (χ4v) is 2.47. The monoisotopic (exact) mass is 196 g/mol.